The molecule has 1 aliphatic carbocycles. The van der Waals surface area contributed by atoms with Crippen LogP contribution in [0.5, 0.6) is 0 Å². The molecule has 2 rings (SSSR count). The van der Waals surface area contributed by atoms with E-state index in [4.69, 9.17) is 4.74 Å². The van der Waals surface area contributed by atoms with Crippen LogP contribution in [0, 0.1) is 12.8 Å². The summed E-state index contributed by atoms with van der Waals surface area (Å²) in [4.78, 5) is 26.2. The maximum Gasteiger partial charge on any atom is 0.310 e. The third-order valence-corrected chi connectivity index (χ3v) is 3.71. The summed E-state index contributed by atoms with van der Waals surface area (Å²) in [5.74, 6) is -0.520. The van der Waals surface area contributed by atoms with Crippen molar-refractivity contribution < 1.29 is 14.3 Å². The molecule has 1 atom stereocenters. The summed E-state index contributed by atoms with van der Waals surface area (Å²) in [5.41, 5.74) is 1.81. The highest BCUT2D eigenvalue weighted by molar-refractivity contribution is 5.95. The van der Waals surface area contributed by atoms with E-state index < -0.39 is 0 Å². The van der Waals surface area contributed by atoms with Gasteiger partial charge in [0.2, 0.25) is 0 Å². The van der Waals surface area contributed by atoms with Gasteiger partial charge in [-0.1, -0.05) is 24.6 Å². The third-order valence-electron chi connectivity index (χ3n) is 3.71. The molecule has 0 saturated heterocycles. The summed E-state index contributed by atoms with van der Waals surface area (Å²) in [5, 5.41) is 0. The van der Waals surface area contributed by atoms with Crippen LogP contribution in [0.1, 0.15) is 42.6 Å². The minimum absolute atomic E-state index is 0.00801. The highest BCUT2D eigenvalue weighted by Crippen LogP contribution is 2.29. The number of benzene rings is 1. The molecule has 1 amide bonds. The molecule has 21 heavy (non-hydrogen) atoms. The number of hydrogen-bond acceptors (Lipinski definition) is 3. The van der Waals surface area contributed by atoms with Crippen molar-refractivity contribution in [2.75, 3.05) is 13.2 Å². The molecule has 0 aliphatic heterocycles. The fourth-order valence-corrected chi connectivity index (χ4v) is 2.30. The molecule has 4 heteroatoms. The van der Waals surface area contributed by atoms with E-state index in [1.807, 2.05) is 43.0 Å². The predicted octanol–water partition coefficient (Wildman–Crippen LogP) is 2.80. The number of carbonyl (C=O) groups excluding carboxylic acids is 2. The lowest BCUT2D eigenvalue weighted by molar-refractivity contribution is -0.147. The van der Waals surface area contributed by atoms with Crippen molar-refractivity contribution >= 4 is 11.9 Å². The Morgan fingerprint density at radius 3 is 2.43 bits per heavy atom. The van der Waals surface area contributed by atoms with E-state index in [0.29, 0.717) is 18.7 Å². The molecule has 0 radical (unpaired) electrons. The van der Waals surface area contributed by atoms with Gasteiger partial charge in [-0.2, -0.15) is 0 Å². The van der Waals surface area contributed by atoms with Gasteiger partial charge in [0.1, 0.15) is 0 Å². The first-order valence-electron chi connectivity index (χ1n) is 7.57. The van der Waals surface area contributed by atoms with Crippen LogP contribution >= 0.6 is 0 Å². The second kappa shape index (κ2) is 6.74. The summed E-state index contributed by atoms with van der Waals surface area (Å²) in [6, 6.07) is 7.85. The molecule has 0 aromatic heterocycles. The first-order chi connectivity index (χ1) is 10.0. The summed E-state index contributed by atoms with van der Waals surface area (Å²) in [7, 11) is 0. The van der Waals surface area contributed by atoms with E-state index >= 15 is 0 Å². The fourth-order valence-electron chi connectivity index (χ4n) is 2.30. The molecule has 1 unspecified atom stereocenters. The Labute approximate surface area is 126 Å². The number of ether oxygens (including phenoxy) is 1. The van der Waals surface area contributed by atoms with E-state index in [9.17, 15) is 9.59 Å². The summed E-state index contributed by atoms with van der Waals surface area (Å²) in [6.45, 7) is 6.40. The zero-order valence-corrected chi connectivity index (χ0v) is 13.0. The van der Waals surface area contributed by atoms with Gasteiger partial charge in [0, 0.05) is 18.2 Å². The topological polar surface area (TPSA) is 46.6 Å². The standard InChI is InChI=1S/C17H23NO3/c1-4-21-17(20)13(3)11-18(15-9-10-15)16(19)14-7-5-12(2)6-8-14/h5-8,13,15H,4,9-11H2,1-3H3. The fraction of sp³-hybridized carbons (Fsp3) is 0.529. The molecule has 1 fully saturated rings. The predicted molar refractivity (Wildman–Crippen MR) is 81.0 cm³/mol. The lowest BCUT2D eigenvalue weighted by Crippen LogP contribution is -2.39. The quantitative estimate of drug-likeness (QED) is 0.757. The highest BCUT2D eigenvalue weighted by atomic mass is 16.5. The van der Waals surface area contributed by atoms with Crippen LogP contribution in [-0.2, 0) is 9.53 Å². The van der Waals surface area contributed by atoms with Crippen molar-refractivity contribution in [3.05, 3.63) is 35.4 Å². The van der Waals surface area contributed by atoms with Crippen LogP contribution in [0.4, 0.5) is 0 Å². The summed E-state index contributed by atoms with van der Waals surface area (Å²) in [6.07, 6.45) is 2.04. The molecule has 114 valence electrons. The van der Waals surface area contributed by atoms with Crippen molar-refractivity contribution in [3.63, 3.8) is 0 Å². The van der Waals surface area contributed by atoms with Gasteiger partial charge in [-0.05, 0) is 38.8 Å². The lowest BCUT2D eigenvalue weighted by Gasteiger charge is -2.25. The number of esters is 1. The Morgan fingerprint density at radius 2 is 1.90 bits per heavy atom. The number of nitrogens with zero attached hydrogens (tertiary/aromatic N) is 1. The molecule has 0 bridgehead atoms. The van der Waals surface area contributed by atoms with Crippen molar-refractivity contribution in [2.24, 2.45) is 5.92 Å². The van der Waals surface area contributed by atoms with Gasteiger partial charge in [0.25, 0.3) is 5.91 Å². The molecule has 0 heterocycles. The molecule has 1 aromatic carbocycles. The van der Waals surface area contributed by atoms with Crippen LogP contribution in [0.3, 0.4) is 0 Å². The third kappa shape index (κ3) is 4.06. The number of rotatable bonds is 6. The number of hydrogen-bond donors (Lipinski definition) is 0. The molecule has 1 aromatic rings. The van der Waals surface area contributed by atoms with E-state index in [2.05, 4.69) is 0 Å². The second-order valence-electron chi connectivity index (χ2n) is 5.71. The SMILES string of the molecule is CCOC(=O)C(C)CN(C(=O)c1ccc(C)cc1)C1CC1. The maximum atomic E-state index is 12.6. The first-order valence-corrected chi connectivity index (χ1v) is 7.57. The summed E-state index contributed by atoms with van der Waals surface area (Å²) >= 11 is 0. The Bertz CT molecular complexity index is 505. The van der Waals surface area contributed by atoms with Crippen LogP contribution in [0.2, 0.25) is 0 Å². The van der Waals surface area contributed by atoms with Crippen LogP contribution in [-0.4, -0.2) is 36.0 Å². The summed E-state index contributed by atoms with van der Waals surface area (Å²) < 4.78 is 5.03. The zero-order chi connectivity index (χ0) is 15.4. The Hall–Kier alpha value is -1.84. The van der Waals surface area contributed by atoms with Gasteiger partial charge in [0.15, 0.2) is 0 Å². The molecule has 1 saturated carbocycles. The molecule has 0 spiro atoms. The largest absolute Gasteiger partial charge is 0.466 e. The average molecular weight is 289 g/mol. The van der Waals surface area contributed by atoms with Gasteiger partial charge in [-0.3, -0.25) is 9.59 Å². The average Bonchev–Trinajstić information content (AvgIpc) is 3.29. The zero-order valence-electron chi connectivity index (χ0n) is 13.0. The van der Waals surface area contributed by atoms with Gasteiger partial charge in [-0.25, -0.2) is 0 Å². The van der Waals surface area contributed by atoms with Crippen LogP contribution in [0.15, 0.2) is 24.3 Å². The number of amides is 1. The molecule has 4 nitrogen and oxygen atoms in total. The first kappa shape index (κ1) is 15.5. The van der Waals surface area contributed by atoms with Gasteiger partial charge in [0.05, 0.1) is 12.5 Å². The van der Waals surface area contributed by atoms with Crippen molar-refractivity contribution in [1.82, 2.24) is 4.90 Å². The van der Waals surface area contributed by atoms with Gasteiger partial charge < -0.3 is 9.64 Å². The smallest absolute Gasteiger partial charge is 0.310 e. The second-order valence-corrected chi connectivity index (χ2v) is 5.71. The Kier molecular flexibility index (Phi) is 4.99. The highest BCUT2D eigenvalue weighted by Gasteiger charge is 2.35. The molecular formula is C17H23NO3. The monoisotopic (exact) mass is 289 g/mol. The normalized spacial score (nSPS) is 15.4. The Balaban J connectivity index is 2.06. The minimum atomic E-state index is -0.292. The van der Waals surface area contributed by atoms with E-state index in [1.54, 1.807) is 6.92 Å². The molecule has 0 N–H and O–H groups in total. The van der Waals surface area contributed by atoms with Crippen molar-refractivity contribution in [3.8, 4) is 0 Å². The number of aryl methyl sites for hydroxylation is 1. The van der Waals surface area contributed by atoms with Crippen LogP contribution < -0.4 is 0 Å². The van der Waals surface area contributed by atoms with E-state index in [-0.39, 0.29) is 23.8 Å². The van der Waals surface area contributed by atoms with Crippen LogP contribution in [0.25, 0.3) is 0 Å². The van der Waals surface area contributed by atoms with Crippen molar-refractivity contribution in [1.29, 1.82) is 0 Å². The van der Waals surface area contributed by atoms with E-state index in [1.165, 1.54) is 0 Å². The van der Waals surface area contributed by atoms with Crippen molar-refractivity contribution in [2.45, 2.75) is 39.7 Å². The molecule has 1 aliphatic rings. The lowest BCUT2D eigenvalue weighted by atomic mass is 10.1. The molecular weight excluding hydrogens is 266 g/mol. The van der Waals surface area contributed by atoms with Gasteiger partial charge in [-0.15, -0.1) is 0 Å². The number of carbonyl (C=O) groups is 2. The minimum Gasteiger partial charge on any atom is -0.466 e. The van der Waals surface area contributed by atoms with E-state index in [0.717, 1.165) is 18.4 Å². The Morgan fingerprint density at radius 1 is 1.29 bits per heavy atom. The maximum absolute atomic E-state index is 12.6. The van der Waals surface area contributed by atoms with Gasteiger partial charge >= 0.3 is 5.97 Å².